The van der Waals surface area contributed by atoms with E-state index in [1.54, 1.807) is 0 Å². The summed E-state index contributed by atoms with van der Waals surface area (Å²) in [5.74, 6) is 0.473. The number of hydrogen-bond donors (Lipinski definition) is 0. The fourth-order valence-corrected chi connectivity index (χ4v) is 1.06. The van der Waals surface area contributed by atoms with E-state index in [0.29, 0.717) is 5.82 Å². The van der Waals surface area contributed by atoms with Crippen molar-refractivity contribution in [3.8, 4) is 6.07 Å². The molecule has 0 amide bonds. The summed E-state index contributed by atoms with van der Waals surface area (Å²) in [6, 6.07) is 9.43. The van der Waals surface area contributed by atoms with Gasteiger partial charge in [0.2, 0.25) is 0 Å². The molecule has 0 aliphatic heterocycles. The lowest BCUT2D eigenvalue weighted by Gasteiger charge is -1.95. The highest BCUT2D eigenvalue weighted by Gasteiger charge is 1.98. The fraction of sp³-hybridized carbons (Fsp3) is 0.111. The molecule has 0 fully saturated rings. The Hall–Kier alpha value is -2.02. The van der Waals surface area contributed by atoms with Crippen LogP contribution in [0.1, 0.15) is 5.82 Å². The summed E-state index contributed by atoms with van der Waals surface area (Å²) in [6.07, 6.45) is 0.206. The number of nitriles is 1. The fourth-order valence-electron chi connectivity index (χ4n) is 1.06. The number of rotatable bonds is 1. The molecule has 0 saturated carbocycles. The maximum Gasteiger partial charge on any atom is 0.165 e. The predicted molar refractivity (Wildman–Crippen MR) is 46.7 cm³/mol. The van der Waals surface area contributed by atoms with Gasteiger partial charge >= 0.3 is 0 Å². The molecule has 0 N–H and O–H groups in total. The number of hydrogen-bond acceptors (Lipinski definition) is 4. The highest BCUT2D eigenvalue weighted by atomic mass is 15.1. The molecule has 13 heavy (non-hydrogen) atoms. The predicted octanol–water partition coefficient (Wildman–Crippen LogP) is 1.09. The van der Waals surface area contributed by atoms with E-state index < -0.39 is 0 Å². The van der Waals surface area contributed by atoms with E-state index in [1.807, 2.05) is 30.3 Å². The van der Waals surface area contributed by atoms with Gasteiger partial charge in [-0.15, -0.1) is 10.2 Å². The van der Waals surface area contributed by atoms with Crippen molar-refractivity contribution >= 4 is 11.0 Å². The topological polar surface area (TPSA) is 62.5 Å². The van der Waals surface area contributed by atoms with Crippen LogP contribution in [0.4, 0.5) is 0 Å². The Morgan fingerprint density at radius 2 is 1.92 bits per heavy atom. The Labute approximate surface area is 74.9 Å². The van der Waals surface area contributed by atoms with Crippen molar-refractivity contribution < 1.29 is 0 Å². The van der Waals surface area contributed by atoms with Crippen molar-refractivity contribution in [3.63, 3.8) is 0 Å². The van der Waals surface area contributed by atoms with Crippen LogP contribution in [0.5, 0.6) is 0 Å². The highest BCUT2D eigenvalue weighted by Crippen LogP contribution is 2.06. The Bertz CT molecular complexity index is 472. The molecule has 2 rings (SSSR count). The molecule has 62 valence electrons. The van der Waals surface area contributed by atoms with Gasteiger partial charge in [0, 0.05) is 0 Å². The van der Waals surface area contributed by atoms with Crippen LogP contribution < -0.4 is 0 Å². The molecule has 2 aromatic rings. The van der Waals surface area contributed by atoms with Crippen LogP contribution in [0.15, 0.2) is 24.3 Å². The van der Waals surface area contributed by atoms with Gasteiger partial charge in [0.05, 0.1) is 18.0 Å². The number of fused-ring (bicyclic) bond motifs is 1. The largest absolute Gasteiger partial charge is 0.228 e. The molecular weight excluding hydrogens is 164 g/mol. The van der Waals surface area contributed by atoms with Crippen molar-refractivity contribution in [2.24, 2.45) is 0 Å². The minimum atomic E-state index is 0.206. The van der Waals surface area contributed by atoms with E-state index in [-0.39, 0.29) is 6.42 Å². The zero-order valence-corrected chi connectivity index (χ0v) is 6.81. The Morgan fingerprint density at radius 3 is 2.69 bits per heavy atom. The van der Waals surface area contributed by atoms with Crippen LogP contribution in [0.25, 0.3) is 11.0 Å². The smallest absolute Gasteiger partial charge is 0.165 e. The third-order valence-corrected chi connectivity index (χ3v) is 1.64. The lowest BCUT2D eigenvalue weighted by Crippen LogP contribution is -1.96. The van der Waals surface area contributed by atoms with Gasteiger partial charge < -0.3 is 0 Å². The van der Waals surface area contributed by atoms with Gasteiger partial charge in [-0.3, -0.25) is 0 Å². The normalized spacial score (nSPS) is 9.77. The van der Waals surface area contributed by atoms with E-state index >= 15 is 0 Å². The van der Waals surface area contributed by atoms with Crippen LogP contribution in [0, 0.1) is 11.3 Å². The molecular formula is C9H6N4. The Balaban J connectivity index is 2.57. The van der Waals surface area contributed by atoms with Crippen molar-refractivity contribution in [1.29, 1.82) is 5.26 Å². The monoisotopic (exact) mass is 170 g/mol. The minimum Gasteiger partial charge on any atom is -0.228 e. The maximum atomic E-state index is 8.43. The summed E-state index contributed by atoms with van der Waals surface area (Å²) >= 11 is 0. The van der Waals surface area contributed by atoms with Crippen molar-refractivity contribution in [1.82, 2.24) is 15.2 Å². The SMILES string of the molecule is N#CCc1nnc2ccccc2n1. The van der Waals surface area contributed by atoms with Gasteiger partial charge in [-0.05, 0) is 12.1 Å². The first-order valence-corrected chi connectivity index (χ1v) is 3.85. The van der Waals surface area contributed by atoms with Gasteiger partial charge in [0.1, 0.15) is 5.52 Å². The molecule has 1 aromatic heterocycles. The standard InChI is InChI=1S/C9H6N4/c10-6-5-9-11-7-3-1-2-4-8(7)12-13-9/h1-4H,5H2. The van der Waals surface area contributed by atoms with Crippen molar-refractivity contribution in [2.45, 2.75) is 6.42 Å². The third-order valence-electron chi connectivity index (χ3n) is 1.64. The Morgan fingerprint density at radius 1 is 1.15 bits per heavy atom. The van der Waals surface area contributed by atoms with Gasteiger partial charge in [0.15, 0.2) is 5.82 Å². The second kappa shape index (κ2) is 3.15. The Kier molecular flexibility index (Phi) is 1.85. The molecule has 1 heterocycles. The van der Waals surface area contributed by atoms with Crippen LogP contribution in [-0.2, 0) is 6.42 Å². The molecule has 0 radical (unpaired) electrons. The van der Waals surface area contributed by atoms with Gasteiger partial charge in [-0.2, -0.15) is 5.26 Å². The molecule has 4 heteroatoms. The van der Waals surface area contributed by atoms with E-state index in [9.17, 15) is 0 Å². The summed E-state index contributed by atoms with van der Waals surface area (Å²) < 4.78 is 0. The quantitative estimate of drug-likeness (QED) is 0.642. The summed E-state index contributed by atoms with van der Waals surface area (Å²) in [4.78, 5) is 4.17. The van der Waals surface area contributed by atoms with Crippen molar-refractivity contribution in [2.75, 3.05) is 0 Å². The van der Waals surface area contributed by atoms with Crippen LogP contribution >= 0.6 is 0 Å². The zero-order chi connectivity index (χ0) is 9.10. The molecule has 0 spiro atoms. The molecule has 0 atom stereocenters. The molecule has 0 saturated heterocycles. The van der Waals surface area contributed by atoms with E-state index in [2.05, 4.69) is 15.2 Å². The van der Waals surface area contributed by atoms with Crippen molar-refractivity contribution in [3.05, 3.63) is 30.1 Å². The summed E-state index contributed by atoms with van der Waals surface area (Å²) in [7, 11) is 0. The second-order valence-corrected chi connectivity index (χ2v) is 2.55. The average molecular weight is 170 g/mol. The number of para-hydroxylation sites is 1. The molecule has 0 bridgehead atoms. The lowest BCUT2D eigenvalue weighted by molar-refractivity contribution is 0.916. The molecule has 0 aliphatic carbocycles. The van der Waals surface area contributed by atoms with E-state index in [4.69, 9.17) is 5.26 Å². The number of nitrogens with zero attached hydrogens (tertiary/aromatic N) is 4. The third kappa shape index (κ3) is 1.44. The van der Waals surface area contributed by atoms with Crippen LogP contribution in [0.2, 0.25) is 0 Å². The number of aromatic nitrogens is 3. The lowest BCUT2D eigenvalue weighted by atomic mass is 10.3. The molecule has 0 unspecified atom stereocenters. The first kappa shape index (κ1) is 7.62. The van der Waals surface area contributed by atoms with Gasteiger partial charge in [-0.25, -0.2) is 4.98 Å². The highest BCUT2D eigenvalue weighted by molar-refractivity contribution is 5.72. The van der Waals surface area contributed by atoms with Gasteiger partial charge in [-0.1, -0.05) is 12.1 Å². The van der Waals surface area contributed by atoms with E-state index in [1.165, 1.54) is 0 Å². The minimum absolute atomic E-state index is 0.206. The second-order valence-electron chi connectivity index (χ2n) is 2.55. The zero-order valence-electron chi connectivity index (χ0n) is 6.81. The van der Waals surface area contributed by atoms with Gasteiger partial charge in [0.25, 0.3) is 0 Å². The molecule has 4 nitrogen and oxygen atoms in total. The van der Waals surface area contributed by atoms with Crippen LogP contribution in [-0.4, -0.2) is 15.2 Å². The summed E-state index contributed by atoms with van der Waals surface area (Å²) in [5, 5.41) is 16.2. The molecule has 0 aliphatic rings. The first-order valence-electron chi connectivity index (χ1n) is 3.85. The van der Waals surface area contributed by atoms with Crippen LogP contribution in [0.3, 0.4) is 0 Å². The van der Waals surface area contributed by atoms with E-state index in [0.717, 1.165) is 11.0 Å². The first-order chi connectivity index (χ1) is 6.40. The average Bonchev–Trinajstić information content (AvgIpc) is 2.18. The maximum absolute atomic E-state index is 8.43. The summed E-state index contributed by atoms with van der Waals surface area (Å²) in [5.41, 5.74) is 1.53. The molecule has 1 aromatic carbocycles. The summed E-state index contributed by atoms with van der Waals surface area (Å²) in [6.45, 7) is 0. The number of benzene rings is 1.